The van der Waals surface area contributed by atoms with Gasteiger partial charge in [0.05, 0.1) is 22.3 Å². The van der Waals surface area contributed by atoms with Gasteiger partial charge in [-0.1, -0.05) is 31.9 Å². The predicted octanol–water partition coefficient (Wildman–Crippen LogP) is 3.53. The van der Waals surface area contributed by atoms with Crippen molar-refractivity contribution in [3.63, 3.8) is 0 Å². The van der Waals surface area contributed by atoms with Crippen LogP contribution in [0, 0.1) is 0 Å². The van der Waals surface area contributed by atoms with E-state index in [-0.39, 0.29) is 23.6 Å². The number of hydrogen-bond donors (Lipinski definition) is 1. The van der Waals surface area contributed by atoms with E-state index in [1.807, 2.05) is 0 Å². The lowest BCUT2D eigenvalue weighted by molar-refractivity contribution is 0.0592. The van der Waals surface area contributed by atoms with Gasteiger partial charge in [-0.2, -0.15) is 0 Å². The number of fused-ring (bicyclic) bond motifs is 2. The van der Waals surface area contributed by atoms with Crippen LogP contribution in [0.1, 0.15) is 74.0 Å². The molecule has 2 aliphatic heterocycles. The number of carbonyl (C=O) groups excluding carboxylic acids is 4. The van der Waals surface area contributed by atoms with Crippen LogP contribution in [0.5, 0.6) is 0 Å². The van der Waals surface area contributed by atoms with Gasteiger partial charge in [0.2, 0.25) is 0 Å². The van der Waals surface area contributed by atoms with Gasteiger partial charge in [-0.05, 0) is 43.2 Å². The Hall–Kier alpha value is -3.48. The Morgan fingerprint density at radius 1 is 0.800 bits per heavy atom. The van der Waals surface area contributed by atoms with E-state index in [1.165, 1.54) is 11.9 Å². The maximum atomic E-state index is 13.0. The van der Waals surface area contributed by atoms with Crippen LogP contribution >= 0.6 is 0 Å². The molecule has 7 heteroatoms. The third-order valence-corrected chi connectivity index (χ3v) is 5.64. The van der Waals surface area contributed by atoms with Crippen molar-refractivity contribution in [3.8, 4) is 0 Å². The molecule has 1 unspecified atom stereocenters. The first-order valence-corrected chi connectivity index (χ1v) is 10.1. The third-order valence-electron chi connectivity index (χ3n) is 5.64. The summed E-state index contributed by atoms with van der Waals surface area (Å²) in [6, 6.07) is 11.7. The number of hydrogen-bond acceptors (Lipinski definition) is 5. The van der Waals surface area contributed by atoms with E-state index in [4.69, 9.17) is 0 Å². The SMILES string of the molecule is CCCCCC(Nc1ccc2c(c1)C(=O)N(C)C2=O)N1C(=O)c2ccccc2C1=O. The first-order chi connectivity index (χ1) is 14.4. The highest BCUT2D eigenvalue weighted by molar-refractivity contribution is 6.22. The van der Waals surface area contributed by atoms with Crippen molar-refractivity contribution in [1.82, 2.24) is 9.80 Å². The van der Waals surface area contributed by atoms with Crippen LogP contribution in [-0.4, -0.2) is 46.6 Å². The minimum Gasteiger partial charge on any atom is -0.365 e. The Morgan fingerprint density at radius 2 is 1.40 bits per heavy atom. The lowest BCUT2D eigenvalue weighted by Gasteiger charge is -2.28. The minimum atomic E-state index is -0.549. The summed E-state index contributed by atoms with van der Waals surface area (Å²) >= 11 is 0. The number of rotatable bonds is 7. The molecule has 2 heterocycles. The zero-order chi connectivity index (χ0) is 21.4. The summed E-state index contributed by atoms with van der Waals surface area (Å²) in [7, 11) is 1.45. The summed E-state index contributed by atoms with van der Waals surface area (Å²) < 4.78 is 0. The Balaban J connectivity index is 1.63. The third kappa shape index (κ3) is 3.16. The molecule has 0 saturated carbocycles. The zero-order valence-electron chi connectivity index (χ0n) is 17.0. The first kappa shape index (κ1) is 19.8. The quantitative estimate of drug-likeness (QED) is 0.563. The Kier molecular flexibility index (Phi) is 5.11. The summed E-state index contributed by atoms with van der Waals surface area (Å²) in [5.41, 5.74) is 2.07. The molecule has 1 atom stereocenters. The summed E-state index contributed by atoms with van der Waals surface area (Å²) in [5, 5.41) is 3.26. The van der Waals surface area contributed by atoms with Gasteiger partial charge in [0.25, 0.3) is 23.6 Å². The molecule has 0 bridgehead atoms. The standard InChI is InChI=1S/C23H23N3O4/c1-3-4-5-10-19(26-22(29)15-8-6-7-9-16(15)23(26)30)24-14-11-12-17-18(13-14)21(28)25(2)20(17)27/h6-9,11-13,19,24H,3-5,10H2,1-2H3. The fourth-order valence-corrected chi connectivity index (χ4v) is 3.99. The van der Waals surface area contributed by atoms with Crippen LogP contribution in [0.2, 0.25) is 0 Å². The van der Waals surface area contributed by atoms with Gasteiger partial charge < -0.3 is 5.32 Å². The monoisotopic (exact) mass is 405 g/mol. The minimum absolute atomic E-state index is 0.321. The second kappa shape index (κ2) is 7.74. The molecular weight excluding hydrogens is 382 g/mol. The normalized spacial score (nSPS) is 16.2. The maximum absolute atomic E-state index is 13.0. The molecule has 0 aliphatic carbocycles. The second-order valence-corrected chi connectivity index (χ2v) is 7.61. The molecule has 4 rings (SSSR count). The van der Waals surface area contributed by atoms with Gasteiger partial charge in [0, 0.05) is 12.7 Å². The smallest absolute Gasteiger partial charge is 0.263 e. The second-order valence-electron chi connectivity index (χ2n) is 7.61. The number of unbranched alkanes of at least 4 members (excludes halogenated alkanes) is 2. The molecule has 2 aromatic carbocycles. The van der Waals surface area contributed by atoms with E-state index in [0.717, 1.165) is 24.2 Å². The van der Waals surface area contributed by atoms with Crippen LogP contribution in [0.4, 0.5) is 5.69 Å². The molecule has 0 radical (unpaired) electrons. The van der Waals surface area contributed by atoms with Gasteiger partial charge in [-0.3, -0.25) is 29.0 Å². The number of nitrogens with zero attached hydrogens (tertiary/aromatic N) is 2. The summed E-state index contributed by atoms with van der Waals surface area (Å²) in [6.07, 6.45) is 2.86. The number of benzene rings is 2. The van der Waals surface area contributed by atoms with Gasteiger partial charge in [0.1, 0.15) is 6.17 Å². The summed E-state index contributed by atoms with van der Waals surface area (Å²) in [4.78, 5) is 52.7. The molecule has 0 spiro atoms. The van der Waals surface area contributed by atoms with Crippen LogP contribution in [-0.2, 0) is 0 Å². The van der Waals surface area contributed by atoms with E-state index in [1.54, 1.807) is 42.5 Å². The molecule has 154 valence electrons. The van der Waals surface area contributed by atoms with Crippen LogP contribution in [0.15, 0.2) is 42.5 Å². The summed E-state index contributed by atoms with van der Waals surface area (Å²) in [5.74, 6) is -1.34. The van der Waals surface area contributed by atoms with E-state index >= 15 is 0 Å². The topological polar surface area (TPSA) is 86.8 Å². The first-order valence-electron chi connectivity index (χ1n) is 10.1. The maximum Gasteiger partial charge on any atom is 0.263 e. The Bertz CT molecular complexity index is 1030. The fourth-order valence-electron chi connectivity index (χ4n) is 3.99. The van der Waals surface area contributed by atoms with Crippen molar-refractivity contribution in [1.29, 1.82) is 0 Å². The largest absolute Gasteiger partial charge is 0.365 e. The van der Waals surface area contributed by atoms with Gasteiger partial charge in [0.15, 0.2) is 0 Å². The number of amides is 4. The van der Waals surface area contributed by atoms with Gasteiger partial charge in [-0.15, -0.1) is 0 Å². The fraction of sp³-hybridized carbons (Fsp3) is 0.304. The van der Waals surface area contributed by atoms with Crippen molar-refractivity contribution in [2.45, 2.75) is 38.8 Å². The van der Waals surface area contributed by atoms with Gasteiger partial charge >= 0.3 is 0 Å². The molecule has 1 N–H and O–H groups in total. The molecule has 4 amide bonds. The van der Waals surface area contributed by atoms with E-state index in [9.17, 15) is 19.2 Å². The lowest BCUT2D eigenvalue weighted by Crippen LogP contribution is -2.44. The molecule has 0 saturated heterocycles. The lowest BCUT2D eigenvalue weighted by atomic mass is 10.1. The van der Waals surface area contributed by atoms with Crippen molar-refractivity contribution in [3.05, 3.63) is 64.7 Å². The summed E-state index contributed by atoms with van der Waals surface area (Å²) in [6.45, 7) is 2.09. The molecular formula is C23H23N3O4. The van der Waals surface area contributed by atoms with Crippen LogP contribution in [0.25, 0.3) is 0 Å². The number of carbonyl (C=O) groups is 4. The highest BCUT2D eigenvalue weighted by Crippen LogP contribution is 2.29. The van der Waals surface area contributed by atoms with Crippen LogP contribution in [0.3, 0.4) is 0 Å². The van der Waals surface area contributed by atoms with Crippen LogP contribution < -0.4 is 5.32 Å². The average molecular weight is 405 g/mol. The number of nitrogens with one attached hydrogen (secondary N) is 1. The van der Waals surface area contributed by atoms with Gasteiger partial charge in [-0.25, -0.2) is 0 Å². The average Bonchev–Trinajstić information content (AvgIpc) is 3.13. The molecule has 0 fully saturated rings. The van der Waals surface area contributed by atoms with Crippen molar-refractivity contribution >= 4 is 29.3 Å². The number of imide groups is 2. The molecule has 2 aliphatic rings. The molecule has 2 aromatic rings. The molecule has 30 heavy (non-hydrogen) atoms. The van der Waals surface area contributed by atoms with E-state index in [0.29, 0.717) is 34.4 Å². The highest BCUT2D eigenvalue weighted by atomic mass is 16.2. The van der Waals surface area contributed by atoms with E-state index < -0.39 is 6.17 Å². The highest BCUT2D eigenvalue weighted by Gasteiger charge is 2.40. The van der Waals surface area contributed by atoms with Crippen molar-refractivity contribution < 1.29 is 19.2 Å². The van der Waals surface area contributed by atoms with Crippen molar-refractivity contribution in [2.24, 2.45) is 0 Å². The number of anilines is 1. The molecule has 0 aromatic heterocycles. The molecule has 7 nitrogen and oxygen atoms in total. The Labute approximate surface area is 174 Å². The van der Waals surface area contributed by atoms with Crippen molar-refractivity contribution in [2.75, 3.05) is 12.4 Å². The zero-order valence-corrected chi connectivity index (χ0v) is 17.0. The Morgan fingerprint density at radius 3 is 2.03 bits per heavy atom. The predicted molar refractivity (Wildman–Crippen MR) is 111 cm³/mol. The van der Waals surface area contributed by atoms with E-state index in [2.05, 4.69) is 12.2 Å².